The third-order valence-electron chi connectivity index (χ3n) is 3.61. The van der Waals surface area contributed by atoms with Crippen molar-refractivity contribution in [2.75, 3.05) is 13.6 Å². The molecule has 2 aromatic rings. The van der Waals surface area contributed by atoms with E-state index in [9.17, 15) is 0 Å². The van der Waals surface area contributed by atoms with Gasteiger partial charge >= 0.3 is 0 Å². The number of nitrogens with two attached hydrogens (primary N) is 1. The van der Waals surface area contributed by atoms with Gasteiger partial charge in [0, 0.05) is 23.6 Å². The summed E-state index contributed by atoms with van der Waals surface area (Å²) in [5, 5.41) is 0. The highest BCUT2D eigenvalue weighted by atomic mass is 79.9. The Hall–Kier alpha value is -1.16. The molecule has 0 saturated carbocycles. The van der Waals surface area contributed by atoms with E-state index in [0.29, 0.717) is 6.54 Å². The van der Waals surface area contributed by atoms with Crippen molar-refractivity contribution in [2.24, 2.45) is 5.73 Å². The van der Waals surface area contributed by atoms with Gasteiger partial charge in [0.15, 0.2) is 0 Å². The lowest BCUT2D eigenvalue weighted by atomic mass is 10.0. The monoisotopic (exact) mass is 332 g/mol. The normalized spacial score (nSPS) is 12.7. The number of rotatable bonds is 5. The molecular formula is C17H21BrN2. The predicted molar refractivity (Wildman–Crippen MR) is 88.6 cm³/mol. The van der Waals surface area contributed by atoms with Gasteiger partial charge < -0.3 is 5.73 Å². The van der Waals surface area contributed by atoms with Gasteiger partial charge in [-0.15, -0.1) is 0 Å². The smallest absolute Gasteiger partial charge is 0.0471 e. The van der Waals surface area contributed by atoms with Crippen LogP contribution in [0.2, 0.25) is 0 Å². The van der Waals surface area contributed by atoms with Crippen molar-refractivity contribution in [3.8, 4) is 0 Å². The van der Waals surface area contributed by atoms with Crippen LogP contribution in [0.5, 0.6) is 0 Å². The van der Waals surface area contributed by atoms with Gasteiger partial charge in [0.2, 0.25) is 0 Å². The summed E-state index contributed by atoms with van der Waals surface area (Å²) in [6.07, 6.45) is 0. The topological polar surface area (TPSA) is 29.3 Å². The fourth-order valence-electron chi connectivity index (χ4n) is 2.37. The van der Waals surface area contributed by atoms with E-state index in [1.165, 1.54) is 16.7 Å². The van der Waals surface area contributed by atoms with Crippen molar-refractivity contribution in [2.45, 2.75) is 19.5 Å². The Labute approximate surface area is 129 Å². The van der Waals surface area contributed by atoms with Crippen LogP contribution >= 0.6 is 15.9 Å². The summed E-state index contributed by atoms with van der Waals surface area (Å²) in [7, 11) is 2.12. The third kappa shape index (κ3) is 3.69. The van der Waals surface area contributed by atoms with E-state index < -0.39 is 0 Å². The molecule has 1 unspecified atom stereocenters. The molecule has 0 amide bonds. The molecule has 0 aliphatic carbocycles. The highest BCUT2D eigenvalue weighted by Crippen LogP contribution is 2.25. The van der Waals surface area contributed by atoms with E-state index in [4.69, 9.17) is 5.73 Å². The molecule has 0 spiro atoms. The van der Waals surface area contributed by atoms with E-state index in [1.54, 1.807) is 0 Å². The lowest BCUT2D eigenvalue weighted by Crippen LogP contribution is -2.30. The van der Waals surface area contributed by atoms with Gasteiger partial charge in [-0.05, 0) is 36.7 Å². The summed E-state index contributed by atoms with van der Waals surface area (Å²) >= 11 is 3.60. The maximum Gasteiger partial charge on any atom is 0.0471 e. The Kier molecular flexibility index (Phi) is 5.35. The van der Waals surface area contributed by atoms with Crippen molar-refractivity contribution in [3.63, 3.8) is 0 Å². The zero-order valence-corrected chi connectivity index (χ0v) is 13.6. The van der Waals surface area contributed by atoms with Gasteiger partial charge in [-0.3, -0.25) is 4.90 Å². The van der Waals surface area contributed by atoms with Crippen LogP contribution in [0.4, 0.5) is 0 Å². The Bertz CT molecular complexity index is 554. The summed E-state index contributed by atoms with van der Waals surface area (Å²) in [6, 6.07) is 17.2. The molecule has 2 aromatic carbocycles. The second kappa shape index (κ2) is 7.02. The fourth-order valence-corrected chi connectivity index (χ4v) is 2.76. The molecule has 0 radical (unpaired) electrons. The lowest BCUT2D eigenvalue weighted by molar-refractivity contribution is 0.241. The molecule has 2 nitrogen and oxygen atoms in total. The number of benzene rings is 2. The lowest BCUT2D eigenvalue weighted by Gasteiger charge is -2.27. The van der Waals surface area contributed by atoms with E-state index in [0.717, 1.165) is 11.0 Å². The molecule has 0 aliphatic rings. The van der Waals surface area contributed by atoms with Crippen LogP contribution in [-0.4, -0.2) is 18.5 Å². The number of nitrogens with zero attached hydrogens (tertiary/aromatic N) is 1. The summed E-state index contributed by atoms with van der Waals surface area (Å²) < 4.78 is 1.14. The minimum Gasteiger partial charge on any atom is -0.329 e. The standard InChI is InChI=1S/C17H21BrN2/c1-13-8-9-15(10-16(13)18)17(11-19)20(2)12-14-6-4-3-5-7-14/h3-10,17H,11-12,19H2,1-2H3. The highest BCUT2D eigenvalue weighted by Gasteiger charge is 2.16. The molecular weight excluding hydrogens is 312 g/mol. The molecule has 0 fully saturated rings. The van der Waals surface area contributed by atoms with E-state index in [1.807, 2.05) is 6.07 Å². The highest BCUT2D eigenvalue weighted by molar-refractivity contribution is 9.10. The zero-order chi connectivity index (χ0) is 14.5. The minimum absolute atomic E-state index is 0.229. The molecule has 20 heavy (non-hydrogen) atoms. The second-order valence-corrected chi connectivity index (χ2v) is 6.02. The van der Waals surface area contributed by atoms with Gasteiger partial charge in [-0.25, -0.2) is 0 Å². The Morgan fingerprint density at radius 1 is 1.15 bits per heavy atom. The van der Waals surface area contributed by atoms with Gasteiger partial charge in [0.1, 0.15) is 0 Å². The van der Waals surface area contributed by atoms with Crippen LogP contribution in [-0.2, 0) is 6.54 Å². The molecule has 2 rings (SSSR count). The van der Waals surface area contributed by atoms with E-state index in [2.05, 4.69) is 77.3 Å². The van der Waals surface area contributed by atoms with Gasteiger partial charge in [-0.1, -0.05) is 58.4 Å². The van der Waals surface area contributed by atoms with Crippen LogP contribution in [0.3, 0.4) is 0 Å². The van der Waals surface area contributed by atoms with Crippen molar-refractivity contribution < 1.29 is 0 Å². The summed E-state index contributed by atoms with van der Waals surface area (Å²) in [4.78, 5) is 2.30. The molecule has 0 heterocycles. The first kappa shape index (κ1) is 15.2. The fraction of sp³-hybridized carbons (Fsp3) is 0.294. The SMILES string of the molecule is Cc1ccc(C(CN)N(C)Cc2ccccc2)cc1Br. The van der Waals surface area contributed by atoms with Crippen LogP contribution in [0, 0.1) is 6.92 Å². The first-order valence-corrected chi connectivity index (χ1v) is 7.61. The maximum absolute atomic E-state index is 5.99. The van der Waals surface area contributed by atoms with Crippen molar-refractivity contribution in [3.05, 3.63) is 69.7 Å². The van der Waals surface area contributed by atoms with Crippen LogP contribution in [0.15, 0.2) is 53.0 Å². The number of halogens is 1. The number of likely N-dealkylation sites (N-methyl/N-ethyl adjacent to an activating group) is 1. The van der Waals surface area contributed by atoms with Gasteiger partial charge in [0.05, 0.1) is 0 Å². The van der Waals surface area contributed by atoms with Crippen LogP contribution < -0.4 is 5.73 Å². The summed E-state index contributed by atoms with van der Waals surface area (Å²) in [5.74, 6) is 0. The Balaban J connectivity index is 2.16. The van der Waals surface area contributed by atoms with Crippen LogP contribution in [0.25, 0.3) is 0 Å². The molecule has 3 heteroatoms. The van der Waals surface area contributed by atoms with Crippen molar-refractivity contribution in [1.82, 2.24) is 4.90 Å². The van der Waals surface area contributed by atoms with Crippen molar-refractivity contribution in [1.29, 1.82) is 0 Å². The molecule has 0 aromatic heterocycles. The first-order chi connectivity index (χ1) is 9.61. The number of aryl methyl sites for hydroxylation is 1. The summed E-state index contributed by atoms with van der Waals surface area (Å²) in [6.45, 7) is 3.60. The van der Waals surface area contributed by atoms with Gasteiger partial charge in [-0.2, -0.15) is 0 Å². The second-order valence-electron chi connectivity index (χ2n) is 5.16. The molecule has 106 valence electrons. The zero-order valence-electron chi connectivity index (χ0n) is 12.0. The molecule has 1 atom stereocenters. The predicted octanol–water partition coefficient (Wildman–Crippen LogP) is 3.89. The maximum atomic E-state index is 5.99. The largest absolute Gasteiger partial charge is 0.329 e. The molecule has 0 aliphatic heterocycles. The Morgan fingerprint density at radius 3 is 2.45 bits per heavy atom. The summed E-state index contributed by atoms with van der Waals surface area (Å²) in [5.41, 5.74) is 9.79. The van der Waals surface area contributed by atoms with Crippen molar-refractivity contribution >= 4 is 15.9 Å². The first-order valence-electron chi connectivity index (χ1n) is 6.82. The third-order valence-corrected chi connectivity index (χ3v) is 4.47. The molecule has 0 saturated heterocycles. The average Bonchev–Trinajstić information content (AvgIpc) is 2.44. The Morgan fingerprint density at radius 2 is 1.85 bits per heavy atom. The van der Waals surface area contributed by atoms with Crippen LogP contribution in [0.1, 0.15) is 22.7 Å². The van der Waals surface area contributed by atoms with Gasteiger partial charge in [0.25, 0.3) is 0 Å². The van der Waals surface area contributed by atoms with E-state index in [-0.39, 0.29) is 6.04 Å². The molecule has 2 N–H and O–H groups in total. The average molecular weight is 333 g/mol. The number of hydrogen-bond acceptors (Lipinski definition) is 2. The minimum atomic E-state index is 0.229. The molecule has 0 bridgehead atoms. The van der Waals surface area contributed by atoms with E-state index >= 15 is 0 Å². The quantitative estimate of drug-likeness (QED) is 0.899. The number of hydrogen-bond donors (Lipinski definition) is 1.